The summed E-state index contributed by atoms with van der Waals surface area (Å²) in [4.78, 5) is 0. The van der Waals surface area contributed by atoms with Crippen molar-refractivity contribution in [2.45, 2.75) is 80.6 Å². The van der Waals surface area contributed by atoms with Crippen LogP contribution in [0.5, 0.6) is 0 Å². The van der Waals surface area contributed by atoms with Gasteiger partial charge in [-0.1, -0.05) is 67.7 Å². The fraction of sp³-hybridized carbons (Fsp3) is 1.00. The van der Waals surface area contributed by atoms with Gasteiger partial charge in [0.1, 0.15) is 0 Å². The molecule has 1 aliphatic rings. The first-order valence-electron chi connectivity index (χ1n) is 7.19. The van der Waals surface area contributed by atoms with E-state index in [1.54, 1.807) is 0 Å². The maximum absolute atomic E-state index is 2.42. The summed E-state index contributed by atoms with van der Waals surface area (Å²) in [7, 11) is 0. The van der Waals surface area contributed by atoms with Crippen LogP contribution in [-0.4, -0.2) is 0 Å². The van der Waals surface area contributed by atoms with Gasteiger partial charge >= 0.3 is 0 Å². The van der Waals surface area contributed by atoms with Gasteiger partial charge in [-0.15, -0.1) is 0 Å². The highest BCUT2D eigenvalue weighted by Gasteiger charge is 2.28. The maximum atomic E-state index is 2.42. The molecule has 0 saturated heterocycles. The van der Waals surface area contributed by atoms with Crippen LogP contribution in [0.15, 0.2) is 0 Å². The van der Waals surface area contributed by atoms with E-state index >= 15 is 0 Å². The van der Waals surface area contributed by atoms with Crippen LogP contribution in [0, 0.1) is 17.8 Å². The van der Waals surface area contributed by atoms with Gasteiger partial charge in [0.2, 0.25) is 0 Å². The molecule has 0 bridgehead atoms. The van der Waals surface area contributed by atoms with Gasteiger partial charge < -0.3 is 0 Å². The molecule has 0 amide bonds. The Morgan fingerprint density at radius 1 is 0.867 bits per heavy atom. The predicted octanol–water partition coefficient (Wildman–Crippen LogP) is 5.91. The van der Waals surface area contributed by atoms with E-state index in [2.05, 4.69) is 34.6 Å². The minimum Gasteiger partial charge on any atom is -0.0683 e. The van der Waals surface area contributed by atoms with Crippen LogP contribution in [0.2, 0.25) is 0 Å². The van der Waals surface area contributed by atoms with Gasteiger partial charge in [-0.3, -0.25) is 0 Å². The Kier molecular flexibility index (Phi) is 14.0. The standard InChI is InChI=1S/C10H20.C3H8.C2H6/c1-4-9-6-8(3)10(5-2)7-9;1-3-2;1-2/h8-10H,4-7H2,1-3H3;3H2,1-2H3;1-2H3. The molecule has 0 heteroatoms. The van der Waals surface area contributed by atoms with Crippen LogP contribution in [0.3, 0.4) is 0 Å². The Morgan fingerprint density at radius 2 is 1.33 bits per heavy atom. The van der Waals surface area contributed by atoms with Crippen molar-refractivity contribution < 1.29 is 0 Å². The second-order valence-electron chi connectivity index (χ2n) is 4.60. The summed E-state index contributed by atoms with van der Waals surface area (Å²) in [6.45, 7) is 15.3. The van der Waals surface area contributed by atoms with E-state index in [4.69, 9.17) is 0 Å². The van der Waals surface area contributed by atoms with E-state index in [0.29, 0.717) is 0 Å². The molecule has 94 valence electrons. The Labute approximate surface area is 98.9 Å². The van der Waals surface area contributed by atoms with Crippen molar-refractivity contribution in [3.05, 3.63) is 0 Å². The van der Waals surface area contributed by atoms with Crippen LogP contribution in [0.25, 0.3) is 0 Å². The second-order valence-corrected chi connectivity index (χ2v) is 4.60. The predicted molar refractivity (Wildman–Crippen MR) is 73.3 cm³/mol. The molecule has 1 aliphatic carbocycles. The lowest BCUT2D eigenvalue weighted by molar-refractivity contribution is 0.406. The number of rotatable bonds is 2. The summed E-state index contributed by atoms with van der Waals surface area (Å²) in [5.74, 6) is 3.11. The van der Waals surface area contributed by atoms with E-state index in [1.165, 1.54) is 32.1 Å². The largest absolute Gasteiger partial charge is 0.0683 e. The van der Waals surface area contributed by atoms with Gasteiger partial charge in [0, 0.05) is 0 Å². The zero-order valence-electron chi connectivity index (χ0n) is 12.3. The third kappa shape index (κ3) is 7.88. The SMILES string of the molecule is CC.CCC.CCC1CC(C)C(CC)C1. The lowest BCUT2D eigenvalue weighted by Gasteiger charge is -2.10. The van der Waals surface area contributed by atoms with Crippen LogP contribution in [0.1, 0.15) is 80.6 Å². The van der Waals surface area contributed by atoms with E-state index in [1.807, 2.05) is 13.8 Å². The molecule has 0 aliphatic heterocycles. The summed E-state index contributed by atoms with van der Waals surface area (Å²) in [5, 5.41) is 0. The molecule has 1 fully saturated rings. The smallest absolute Gasteiger partial charge is 0.0388 e. The maximum Gasteiger partial charge on any atom is -0.0388 e. The minimum atomic E-state index is 1.01. The number of hydrogen-bond donors (Lipinski definition) is 0. The molecular formula is C15H34. The summed E-state index contributed by atoms with van der Waals surface area (Å²) in [6, 6.07) is 0. The monoisotopic (exact) mass is 214 g/mol. The Morgan fingerprint density at radius 3 is 1.53 bits per heavy atom. The van der Waals surface area contributed by atoms with Gasteiger partial charge in [0.05, 0.1) is 0 Å². The quantitative estimate of drug-likeness (QED) is 0.536. The molecule has 1 rings (SSSR count). The molecule has 0 heterocycles. The first kappa shape index (κ1) is 17.4. The topological polar surface area (TPSA) is 0 Å². The van der Waals surface area contributed by atoms with E-state index < -0.39 is 0 Å². The molecular weight excluding hydrogens is 180 g/mol. The molecule has 3 atom stereocenters. The molecule has 0 aromatic rings. The van der Waals surface area contributed by atoms with Gasteiger partial charge in [0.25, 0.3) is 0 Å². The van der Waals surface area contributed by atoms with Crippen molar-refractivity contribution in [1.82, 2.24) is 0 Å². The summed E-state index contributed by atoms with van der Waals surface area (Å²) >= 11 is 0. The van der Waals surface area contributed by atoms with E-state index in [0.717, 1.165) is 17.8 Å². The third-order valence-electron chi connectivity index (χ3n) is 3.25. The minimum absolute atomic E-state index is 1.01. The Hall–Kier alpha value is 0. The molecule has 0 N–H and O–H groups in total. The molecule has 0 nitrogen and oxygen atoms in total. The first-order chi connectivity index (χ1) is 7.19. The lowest BCUT2D eigenvalue weighted by Crippen LogP contribution is -2.00. The van der Waals surface area contributed by atoms with Crippen LogP contribution in [0.4, 0.5) is 0 Å². The van der Waals surface area contributed by atoms with Crippen LogP contribution >= 0.6 is 0 Å². The third-order valence-corrected chi connectivity index (χ3v) is 3.25. The average Bonchev–Trinajstić information content (AvgIpc) is 2.63. The van der Waals surface area contributed by atoms with Crippen molar-refractivity contribution in [1.29, 1.82) is 0 Å². The van der Waals surface area contributed by atoms with E-state index in [-0.39, 0.29) is 0 Å². The normalized spacial score (nSPS) is 28.6. The van der Waals surface area contributed by atoms with Crippen LogP contribution < -0.4 is 0 Å². The molecule has 3 unspecified atom stereocenters. The van der Waals surface area contributed by atoms with Crippen molar-refractivity contribution in [2.75, 3.05) is 0 Å². The summed E-state index contributed by atoms with van der Waals surface area (Å²) < 4.78 is 0. The van der Waals surface area contributed by atoms with Gasteiger partial charge in [-0.25, -0.2) is 0 Å². The fourth-order valence-electron chi connectivity index (χ4n) is 2.38. The van der Waals surface area contributed by atoms with E-state index in [9.17, 15) is 0 Å². The molecule has 1 saturated carbocycles. The molecule has 0 aromatic heterocycles. The van der Waals surface area contributed by atoms with Crippen molar-refractivity contribution in [2.24, 2.45) is 17.8 Å². The van der Waals surface area contributed by atoms with Crippen LogP contribution in [-0.2, 0) is 0 Å². The van der Waals surface area contributed by atoms with Gasteiger partial charge in [-0.2, -0.15) is 0 Å². The lowest BCUT2D eigenvalue weighted by atomic mass is 9.96. The highest BCUT2D eigenvalue weighted by atomic mass is 14.3. The summed E-state index contributed by atoms with van der Waals surface area (Å²) in [6.07, 6.45) is 7.06. The highest BCUT2D eigenvalue weighted by molar-refractivity contribution is 4.79. The molecule has 15 heavy (non-hydrogen) atoms. The number of hydrogen-bond acceptors (Lipinski definition) is 0. The first-order valence-corrected chi connectivity index (χ1v) is 7.19. The molecule has 0 spiro atoms. The molecule has 0 radical (unpaired) electrons. The fourth-order valence-corrected chi connectivity index (χ4v) is 2.38. The van der Waals surface area contributed by atoms with Crippen molar-refractivity contribution >= 4 is 0 Å². The highest BCUT2D eigenvalue weighted by Crippen LogP contribution is 2.39. The zero-order valence-corrected chi connectivity index (χ0v) is 12.3. The van der Waals surface area contributed by atoms with Crippen molar-refractivity contribution in [3.63, 3.8) is 0 Å². The second kappa shape index (κ2) is 12.1. The van der Waals surface area contributed by atoms with Gasteiger partial charge in [-0.05, 0) is 30.6 Å². The average molecular weight is 214 g/mol. The Bertz CT molecular complexity index is 107. The summed E-state index contributed by atoms with van der Waals surface area (Å²) in [5.41, 5.74) is 0. The molecule has 0 aromatic carbocycles. The van der Waals surface area contributed by atoms with Crippen molar-refractivity contribution in [3.8, 4) is 0 Å². The van der Waals surface area contributed by atoms with Gasteiger partial charge in [0.15, 0.2) is 0 Å². The zero-order chi connectivity index (χ0) is 12.3. The Balaban J connectivity index is 0.